The summed E-state index contributed by atoms with van der Waals surface area (Å²) in [4.78, 5) is 4.35. The highest BCUT2D eigenvalue weighted by atomic mass is 19.1. The Kier molecular flexibility index (Phi) is 2.07. The van der Waals surface area contributed by atoms with E-state index in [9.17, 15) is 4.39 Å². The van der Waals surface area contributed by atoms with E-state index < -0.39 is 0 Å². The van der Waals surface area contributed by atoms with Crippen molar-refractivity contribution in [2.24, 2.45) is 0 Å². The molecule has 0 amide bonds. The highest BCUT2D eigenvalue weighted by Gasteiger charge is 2.20. The maximum Gasteiger partial charge on any atom is 0.132 e. The number of nitrogens with zero attached hydrogens (tertiary/aromatic N) is 2. The molecule has 0 N–H and O–H groups in total. The lowest BCUT2D eigenvalue weighted by Crippen LogP contribution is -2.10. The summed E-state index contributed by atoms with van der Waals surface area (Å²) in [5.74, 6) is -0.147. The Balaban J connectivity index is 2.09. The van der Waals surface area contributed by atoms with Crippen molar-refractivity contribution in [3.05, 3.63) is 53.6 Å². The molecule has 19 heavy (non-hydrogen) atoms. The third-order valence-electron chi connectivity index (χ3n) is 3.90. The molecule has 1 aliphatic rings. The van der Waals surface area contributed by atoms with Gasteiger partial charge in [0.15, 0.2) is 0 Å². The van der Waals surface area contributed by atoms with E-state index in [0.29, 0.717) is 5.39 Å². The third kappa shape index (κ3) is 1.44. The Morgan fingerprint density at radius 3 is 3.05 bits per heavy atom. The number of rotatable bonds is 0. The number of aryl methyl sites for hydroxylation is 3. The second-order valence-electron chi connectivity index (χ2n) is 5.09. The maximum absolute atomic E-state index is 13.9. The topological polar surface area (TPSA) is 17.8 Å². The maximum atomic E-state index is 13.9. The van der Waals surface area contributed by atoms with Crippen molar-refractivity contribution in [2.75, 3.05) is 0 Å². The van der Waals surface area contributed by atoms with Crippen LogP contribution in [0.1, 0.15) is 11.3 Å². The van der Waals surface area contributed by atoms with Crippen LogP contribution in [0.15, 0.2) is 36.5 Å². The lowest BCUT2D eigenvalue weighted by molar-refractivity contribution is 0.639. The van der Waals surface area contributed by atoms with Crippen LogP contribution in [-0.2, 0) is 13.0 Å². The van der Waals surface area contributed by atoms with Crippen LogP contribution < -0.4 is 0 Å². The van der Waals surface area contributed by atoms with Crippen molar-refractivity contribution in [1.29, 1.82) is 0 Å². The summed E-state index contributed by atoms with van der Waals surface area (Å²) < 4.78 is 16.1. The van der Waals surface area contributed by atoms with Gasteiger partial charge in [-0.2, -0.15) is 0 Å². The number of aromatic nitrogens is 2. The first-order chi connectivity index (χ1) is 9.24. The molecule has 1 aliphatic heterocycles. The molecule has 2 aromatic heterocycles. The first kappa shape index (κ1) is 10.7. The summed E-state index contributed by atoms with van der Waals surface area (Å²) >= 11 is 0. The average Bonchev–Trinajstić information content (AvgIpc) is 2.79. The zero-order chi connectivity index (χ0) is 13.0. The van der Waals surface area contributed by atoms with Crippen LogP contribution in [-0.4, -0.2) is 9.55 Å². The van der Waals surface area contributed by atoms with Gasteiger partial charge in [-0.25, -0.2) is 4.39 Å². The van der Waals surface area contributed by atoms with Gasteiger partial charge < -0.3 is 4.57 Å². The van der Waals surface area contributed by atoms with Crippen molar-refractivity contribution < 1.29 is 4.39 Å². The summed E-state index contributed by atoms with van der Waals surface area (Å²) in [7, 11) is 0. The Morgan fingerprint density at radius 2 is 2.16 bits per heavy atom. The Bertz CT molecular complexity index is 802. The number of pyridine rings is 1. The van der Waals surface area contributed by atoms with Gasteiger partial charge in [-0.1, -0.05) is 6.07 Å². The molecular formula is C16H13FN2. The highest BCUT2D eigenvalue weighted by molar-refractivity contribution is 5.88. The van der Waals surface area contributed by atoms with Crippen LogP contribution in [0.25, 0.3) is 22.2 Å². The standard InChI is InChI=1S/C16H13FN2/c1-10-7-12-11(9-18-10)5-6-19-15-4-2-3-14(17)13(15)8-16(12)19/h2-4,7-9H,5-6H2,1H3. The Labute approximate surface area is 110 Å². The smallest absolute Gasteiger partial charge is 0.132 e. The lowest BCUT2D eigenvalue weighted by Gasteiger charge is -2.20. The van der Waals surface area contributed by atoms with Crippen LogP contribution in [0.2, 0.25) is 0 Å². The molecule has 94 valence electrons. The van der Waals surface area contributed by atoms with Gasteiger partial charge >= 0.3 is 0 Å². The zero-order valence-electron chi connectivity index (χ0n) is 10.7. The van der Waals surface area contributed by atoms with Crippen molar-refractivity contribution >= 4 is 10.9 Å². The largest absolute Gasteiger partial charge is 0.340 e. The molecule has 0 saturated carbocycles. The highest BCUT2D eigenvalue weighted by Crippen LogP contribution is 2.35. The van der Waals surface area contributed by atoms with E-state index in [-0.39, 0.29) is 5.82 Å². The molecule has 3 heteroatoms. The minimum absolute atomic E-state index is 0.147. The number of fused-ring (bicyclic) bond motifs is 5. The van der Waals surface area contributed by atoms with Crippen molar-refractivity contribution in [3.8, 4) is 11.3 Å². The summed E-state index contributed by atoms with van der Waals surface area (Å²) in [5, 5.41) is 0.708. The van der Waals surface area contributed by atoms with E-state index in [1.807, 2.05) is 25.3 Å². The van der Waals surface area contributed by atoms with Crippen LogP contribution in [0, 0.1) is 12.7 Å². The third-order valence-corrected chi connectivity index (χ3v) is 3.90. The Hall–Kier alpha value is -2.16. The lowest BCUT2D eigenvalue weighted by atomic mass is 10.0. The predicted octanol–water partition coefficient (Wildman–Crippen LogP) is 3.71. The fourth-order valence-corrected chi connectivity index (χ4v) is 2.97. The van der Waals surface area contributed by atoms with Gasteiger partial charge in [0.05, 0.1) is 5.52 Å². The first-order valence-corrected chi connectivity index (χ1v) is 6.48. The van der Waals surface area contributed by atoms with Gasteiger partial charge in [0.2, 0.25) is 0 Å². The SMILES string of the molecule is Cc1cc2c(cn1)CCn1c-2cc2c(F)cccc21. The minimum Gasteiger partial charge on any atom is -0.340 e. The van der Waals surface area contributed by atoms with Gasteiger partial charge in [0.25, 0.3) is 0 Å². The first-order valence-electron chi connectivity index (χ1n) is 6.48. The van der Waals surface area contributed by atoms with E-state index >= 15 is 0 Å². The van der Waals surface area contributed by atoms with Crippen molar-refractivity contribution in [2.45, 2.75) is 19.9 Å². The molecule has 3 aromatic rings. The van der Waals surface area contributed by atoms with Gasteiger partial charge in [-0.05, 0) is 43.2 Å². The quantitative estimate of drug-likeness (QED) is 0.596. The molecule has 2 nitrogen and oxygen atoms in total. The Morgan fingerprint density at radius 1 is 1.26 bits per heavy atom. The van der Waals surface area contributed by atoms with E-state index in [2.05, 4.69) is 15.6 Å². The van der Waals surface area contributed by atoms with Gasteiger partial charge in [-0.15, -0.1) is 0 Å². The summed E-state index contributed by atoms with van der Waals surface area (Å²) in [6.07, 6.45) is 2.90. The van der Waals surface area contributed by atoms with Crippen LogP contribution >= 0.6 is 0 Å². The van der Waals surface area contributed by atoms with Gasteiger partial charge in [0, 0.05) is 35.1 Å². The number of hydrogen-bond donors (Lipinski definition) is 0. The normalized spacial score (nSPS) is 13.4. The molecule has 0 fully saturated rings. The number of halogens is 1. The summed E-state index contributed by atoms with van der Waals surface area (Å²) in [6.45, 7) is 2.88. The van der Waals surface area contributed by atoms with Crippen LogP contribution in [0.3, 0.4) is 0 Å². The fraction of sp³-hybridized carbons (Fsp3) is 0.188. The van der Waals surface area contributed by atoms with Crippen molar-refractivity contribution in [1.82, 2.24) is 9.55 Å². The molecule has 0 unspecified atom stereocenters. The molecule has 0 saturated heterocycles. The molecule has 0 atom stereocenters. The molecule has 3 heterocycles. The number of benzene rings is 1. The zero-order valence-corrected chi connectivity index (χ0v) is 10.7. The van der Waals surface area contributed by atoms with Gasteiger partial charge in [-0.3, -0.25) is 4.98 Å². The second-order valence-corrected chi connectivity index (χ2v) is 5.09. The van der Waals surface area contributed by atoms with Crippen LogP contribution in [0.4, 0.5) is 4.39 Å². The second kappa shape index (κ2) is 3.67. The molecule has 0 aliphatic carbocycles. The average molecular weight is 252 g/mol. The minimum atomic E-state index is -0.147. The van der Waals surface area contributed by atoms with E-state index in [1.165, 1.54) is 17.2 Å². The summed E-state index contributed by atoms with van der Waals surface area (Å²) in [6, 6.07) is 9.34. The molecule has 0 spiro atoms. The van der Waals surface area contributed by atoms with E-state index in [0.717, 1.165) is 29.9 Å². The molecule has 1 aromatic carbocycles. The van der Waals surface area contributed by atoms with Crippen LogP contribution in [0.5, 0.6) is 0 Å². The van der Waals surface area contributed by atoms with E-state index in [4.69, 9.17) is 0 Å². The predicted molar refractivity (Wildman–Crippen MR) is 73.6 cm³/mol. The van der Waals surface area contributed by atoms with Crippen molar-refractivity contribution in [3.63, 3.8) is 0 Å². The van der Waals surface area contributed by atoms with Gasteiger partial charge in [0.1, 0.15) is 5.82 Å². The fourth-order valence-electron chi connectivity index (χ4n) is 2.97. The van der Waals surface area contributed by atoms with E-state index in [1.54, 1.807) is 6.07 Å². The number of hydrogen-bond acceptors (Lipinski definition) is 1. The molecular weight excluding hydrogens is 239 g/mol. The monoisotopic (exact) mass is 252 g/mol. The molecule has 4 rings (SSSR count). The molecule has 0 radical (unpaired) electrons. The summed E-state index contributed by atoms with van der Waals surface area (Å²) in [5.41, 5.74) is 5.52. The molecule has 0 bridgehead atoms.